The first kappa shape index (κ1) is 20.3. The summed E-state index contributed by atoms with van der Waals surface area (Å²) in [7, 11) is 0. The van der Waals surface area contributed by atoms with E-state index < -0.39 is 23.7 Å². The average Bonchev–Trinajstić information content (AvgIpc) is 2.60. The molecule has 0 aromatic heterocycles. The SMILES string of the molecule is CCCCN[C@H](C(=O)Nc1ccc(Cl)cc1C(F)(F)F)c1ccccc1. The summed E-state index contributed by atoms with van der Waals surface area (Å²) in [5.74, 6) is -0.555. The van der Waals surface area contributed by atoms with Crippen LogP contribution in [0.5, 0.6) is 0 Å². The minimum absolute atomic E-state index is 0.0454. The Morgan fingerprint density at radius 3 is 2.46 bits per heavy atom. The molecular formula is C19H20ClF3N2O. The Labute approximate surface area is 155 Å². The Morgan fingerprint density at radius 1 is 1.15 bits per heavy atom. The fourth-order valence-corrected chi connectivity index (χ4v) is 2.67. The fourth-order valence-electron chi connectivity index (χ4n) is 2.50. The van der Waals surface area contributed by atoms with Crippen LogP contribution in [0.3, 0.4) is 0 Å². The maximum absolute atomic E-state index is 13.2. The summed E-state index contributed by atoms with van der Waals surface area (Å²) in [4.78, 5) is 12.7. The van der Waals surface area contributed by atoms with Crippen LogP contribution in [-0.2, 0) is 11.0 Å². The number of nitrogens with one attached hydrogen (secondary N) is 2. The molecule has 0 fully saturated rings. The summed E-state index contributed by atoms with van der Waals surface area (Å²) < 4.78 is 39.7. The third-order valence-corrected chi connectivity index (χ3v) is 4.05. The van der Waals surface area contributed by atoms with Crippen molar-refractivity contribution in [2.75, 3.05) is 11.9 Å². The molecule has 2 aromatic carbocycles. The molecule has 0 radical (unpaired) electrons. The summed E-state index contributed by atoms with van der Waals surface area (Å²) in [6.07, 6.45) is -2.83. The van der Waals surface area contributed by atoms with Gasteiger partial charge in [-0.25, -0.2) is 0 Å². The highest BCUT2D eigenvalue weighted by Crippen LogP contribution is 2.36. The molecule has 0 bridgehead atoms. The van der Waals surface area contributed by atoms with Gasteiger partial charge in [-0.15, -0.1) is 0 Å². The molecule has 0 unspecified atom stereocenters. The van der Waals surface area contributed by atoms with Crippen molar-refractivity contribution in [3.8, 4) is 0 Å². The van der Waals surface area contributed by atoms with E-state index in [1.54, 1.807) is 24.3 Å². The largest absolute Gasteiger partial charge is 0.418 e. The predicted molar refractivity (Wildman–Crippen MR) is 97.2 cm³/mol. The van der Waals surface area contributed by atoms with Crippen molar-refractivity contribution >= 4 is 23.2 Å². The Balaban J connectivity index is 2.27. The zero-order valence-corrected chi connectivity index (χ0v) is 15.0. The van der Waals surface area contributed by atoms with Crippen molar-refractivity contribution < 1.29 is 18.0 Å². The normalized spacial score (nSPS) is 12.7. The van der Waals surface area contributed by atoms with Gasteiger partial charge in [0.15, 0.2) is 0 Å². The number of hydrogen-bond donors (Lipinski definition) is 2. The van der Waals surface area contributed by atoms with E-state index in [9.17, 15) is 18.0 Å². The molecule has 0 aliphatic rings. The van der Waals surface area contributed by atoms with E-state index >= 15 is 0 Å². The van der Waals surface area contributed by atoms with Crippen LogP contribution >= 0.6 is 11.6 Å². The van der Waals surface area contributed by atoms with Gasteiger partial charge in [-0.1, -0.05) is 55.3 Å². The Morgan fingerprint density at radius 2 is 1.85 bits per heavy atom. The van der Waals surface area contributed by atoms with E-state index in [0.717, 1.165) is 25.0 Å². The van der Waals surface area contributed by atoms with Gasteiger partial charge in [0.1, 0.15) is 6.04 Å². The van der Waals surface area contributed by atoms with Gasteiger partial charge in [0.05, 0.1) is 11.3 Å². The third kappa shape index (κ3) is 5.47. The molecule has 0 heterocycles. The minimum atomic E-state index is -4.62. The van der Waals surface area contributed by atoms with E-state index in [0.29, 0.717) is 12.1 Å². The smallest absolute Gasteiger partial charge is 0.324 e. The van der Waals surface area contributed by atoms with E-state index in [1.165, 1.54) is 6.07 Å². The molecule has 0 aliphatic heterocycles. The maximum atomic E-state index is 13.2. The molecule has 1 atom stereocenters. The summed E-state index contributed by atoms with van der Waals surface area (Å²) >= 11 is 5.68. The second kappa shape index (κ2) is 9.05. The van der Waals surface area contributed by atoms with Gasteiger partial charge >= 0.3 is 6.18 Å². The molecule has 26 heavy (non-hydrogen) atoms. The highest BCUT2D eigenvalue weighted by atomic mass is 35.5. The molecule has 0 saturated carbocycles. The van der Waals surface area contributed by atoms with E-state index in [-0.39, 0.29) is 10.7 Å². The number of carbonyl (C=O) groups excluding carboxylic acids is 1. The minimum Gasteiger partial charge on any atom is -0.324 e. The fraction of sp³-hybridized carbons (Fsp3) is 0.316. The Bertz CT molecular complexity index is 735. The molecule has 2 aromatic rings. The van der Waals surface area contributed by atoms with Crippen LogP contribution in [0.25, 0.3) is 0 Å². The zero-order chi connectivity index (χ0) is 19.2. The monoisotopic (exact) mass is 384 g/mol. The van der Waals surface area contributed by atoms with Crippen molar-refractivity contribution in [3.63, 3.8) is 0 Å². The number of rotatable bonds is 7. The van der Waals surface area contributed by atoms with Gasteiger partial charge in [-0.2, -0.15) is 13.2 Å². The third-order valence-electron chi connectivity index (χ3n) is 3.82. The van der Waals surface area contributed by atoms with Crippen LogP contribution in [0.2, 0.25) is 5.02 Å². The van der Waals surface area contributed by atoms with Gasteiger partial charge < -0.3 is 10.6 Å². The molecule has 0 aliphatic carbocycles. The highest BCUT2D eigenvalue weighted by molar-refractivity contribution is 6.30. The number of hydrogen-bond acceptors (Lipinski definition) is 2. The van der Waals surface area contributed by atoms with Crippen molar-refractivity contribution in [1.82, 2.24) is 5.32 Å². The number of anilines is 1. The Kier molecular flexibility index (Phi) is 7.06. The summed E-state index contributed by atoms with van der Waals surface area (Å²) in [6.45, 7) is 2.60. The number of amides is 1. The maximum Gasteiger partial charge on any atom is 0.418 e. The van der Waals surface area contributed by atoms with Crippen molar-refractivity contribution in [2.45, 2.75) is 32.0 Å². The zero-order valence-electron chi connectivity index (χ0n) is 14.2. The standard InChI is InChI=1S/C19H20ClF3N2O/c1-2-3-11-24-17(13-7-5-4-6-8-13)18(26)25-16-10-9-14(20)12-15(16)19(21,22)23/h4-10,12,17,24H,2-3,11H2,1H3,(H,25,26)/t17-/m0/s1. The summed E-state index contributed by atoms with van der Waals surface area (Å²) in [6, 6.07) is 11.4. The lowest BCUT2D eigenvalue weighted by molar-refractivity contribution is -0.137. The van der Waals surface area contributed by atoms with Crippen molar-refractivity contribution in [2.24, 2.45) is 0 Å². The first-order chi connectivity index (χ1) is 12.3. The topological polar surface area (TPSA) is 41.1 Å². The second-order valence-corrected chi connectivity index (χ2v) is 6.26. The van der Waals surface area contributed by atoms with Gasteiger partial charge in [0.25, 0.3) is 0 Å². The van der Waals surface area contributed by atoms with Crippen LogP contribution in [0, 0.1) is 0 Å². The van der Waals surface area contributed by atoms with Crippen LogP contribution in [0.4, 0.5) is 18.9 Å². The van der Waals surface area contributed by atoms with Crippen LogP contribution in [0.1, 0.15) is 36.9 Å². The van der Waals surface area contributed by atoms with Gasteiger partial charge in [0.2, 0.25) is 5.91 Å². The molecule has 3 nitrogen and oxygen atoms in total. The van der Waals surface area contributed by atoms with Gasteiger partial charge in [0, 0.05) is 5.02 Å². The lowest BCUT2D eigenvalue weighted by atomic mass is 10.1. The quantitative estimate of drug-likeness (QED) is 0.625. The number of alkyl halides is 3. The lowest BCUT2D eigenvalue weighted by Crippen LogP contribution is -2.34. The van der Waals surface area contributed by atoms with Gasteiger partial charge in [-0.3, -0.25) is 4.79 Å². The number of unbranched alkanes of at least 4 members (excludes halogenated alkanes) is 1. The van der Waals surface area contributed by atoms with Crippen LogP contribution < -0.4 is 10.6 Å². The van der Waals surface area contributed by atoms with E-state index in [2.05, 4.69) is 10.6 Å². The van der Waals surface area contributed by atoms with E-state index in [4.69, 9.17) is 11.6 Å². The molecule has 140 valence electrons. The molecule has 0 spiro atoms. The molecule has 2 N–H and O–H groups in total. The Hall–Kier alpha value is -2.05. The van der Waals surface area contributed by atoms with Crippen LogP contribution in [0.15, 0.2) is 48.5 Å². The van der Waals surface area contributed by atoms with Crippen LogP contribution in [-0.4, -0.2) is 12.5 Å². The average molecular weight is 385 g/mol. The highest BCUT2D eigenvalue weighted by Gasteiger charge is 2.34. The summed E-state index contributed by atoms with van der Waals surface area (Å²) in [5, 5.41) is 5.45. The molecular weight excluding hydrogens is 365 g/mol. The number of carbonyl (C=O) groups is 1. The number of benzene rings is 2. The molecule has 7 heteroatoms. The predicted octanol–water partition coefficient (Wildman–Crippen LogP) is 5.43. The number of halogens is 4. The van der Waals surface area contributed by atoms with E-state index in [1.807, 2.05) is 13.0 Å². The van der Waals surface area contributed by atoms with Crippen molar-refractivity contribution in [3.05, 3.63) is 64.7 Å². The lowest BCUT2D eigenvalue weighted by Gasteiger charge is -2.20. The van der Waals surface area contributed by atoms with Crippen molar-refractivity contribution in [1.29, 1.82) is 0 Å². The first-order valence-electron chi connectivity index (χ1n) is 8.29. The van der Waals surface area contributed by atoms with Gasteiger partial charge in [-0.05, 0) is 36.7 Å². The molecule has 2 rings (SSSR count). The molecule has 1 amide bonds. The molecule has 0 saturated heterocycles. The first-order valence-corrected chi connectivity index (χ1v) is 8.66. The summed E-state index contributed by atoms with van der Waals surface area (Å²) in [5.41, 5.74) is -0.604. The second-order valence-electron chi connectivity index (χ2n) is 5.83.